The van der Waals surface area contributed by atoms with Crippen molar-refractivity contribution in [3.05, 3.63) is 27.1 Å². The van der Waals surface area contributed by atoms with E-state index < -0.39 is 0 Å². The minimum Gasteiger partial charge on any atom is -0.295 e. The Morgan fingerprint density at radius 1 is 1.53 bits per heavy atom. The van der Waals surface area contributed by atoms with Crippen molar-refractivity contribution in [2.24, 2.45) is 0 Å². The molecule has 94 valence electrons. The third-order valence-corrected chi connectivity index (χ3v) is 4.43. The summed E-state index contributed by atoms with van der Waals surface area (Å²) in [5.41, 5.74) is 0. The molecule has 1 aromatic rings. The van der Waals surface area contributed by atoms with E-state index in [0.29, 0.717) is 6.04 Å². The number of nitrogens with zero attached hydrogens (tertiary/aromatic N) is 2. The van der Waals surface area contributed by atoms with Gasteiger partial charge in [-0.15, -0.1) is 0 Å². The zero-order valence-corrected chi connectivity index (χ0v) is 10.9. The molecule has 0 aromatic carbocycles. The van der Waals surface area contributed by atoms with Crippen molar-refractivity contribution in [3.8, 4) is 0 Å². The van der Waals surface area contributed by atoms with E-state index in [1.54, 1.807) is 6.07 Å². The summed E-state index contributed by atoms with van der Waals surface area (Å²) in [6, 6.07) is 4.17. The zero-order chi connectivity index (χ0) is 12.3. The summed E-state index contributed by atoms with van der Waals surface area (Å²) in [5.74, 6) is 0. The maximum Gasteiger partial charge on any atom is 0.324 e. The van der Waals surface area contributed by atoms with Gasteiger partial charge in [0, 0.05) is 23.5 Å². The fourth-order valence-corrected chi connectivity index (χ4v) is 3.33. The van der Waals surface area contributed by atoms with Crippen LogP contribution in [0.25, 0.3) is 0 Å². The number of hydrogen-bond acceptors (Lipinski definition) is 4. The summed E-state index contributed by atoms with van der Waals surface area (Å²) in [6.45, 7) is 4.22. The smallest absolute Gasteiger partial charge is 0.295 e. The van der Waals surface area contributed by atoms with Gasteiger partial charge in [-0.1, -0.05) is 24.7 Å². The molecule has 2 rings (SSSR count). The SMILES string of the molecule is CCC1CCCCN1Cc1ccc([N+](=O)[O-])s1. The van der Waals surface area contributed by atoms with E-state index in [4.69, 9.17) is 0 Å². The normalized spacial score (nSPS) is 21.6. The molecule has 0 amide bonds. The lowest BCUT2D eigenvalue weighted by molar-refractivity contribution is -0.380. The van der Waals surface area contributed by atoms with Crippen LogP contribution in [0.1, 0.15) is 37.5 Å². The minimum absolute atomic E-state index is 0.255. The summed E-state index contributed by atoms with van der Waals surface area (Å²) < 4.78 is 0. The monoisotopic (exact) mass is 254 g/mol. The molecule has 1 aliphatic heterocycles. The molecule has 0 spiro atoms. The molecule has 1 fully saturated rings. The van der Waals surface area contributed by atoms with Crippen molar-refractivity contribution >= 4 is 16.3 Å². The average Bonchev–Trinajstić information content (AvgIpc) is 2.78. The highest BCUT2D eigenvalue weighted by atomic mass is 32.1. The molecule has 4 nitrogen and oxygen atoms in total. The highest BCUT2D eigenvalue weighted by Crippen LogP contribution is 2.28. The van der Waals surface area contributed by atoms with Crippen LogP contribution in [0.2, 0.25) is 0 Å². The van der Waals surface area contributed by atoms with Crippen LogP contribution in [0.15, 0.2) is 12.1 Å². The Balaban J connectivity index is 2.00. The van der Waals surface area contributed by atoms with Gasteiger partial charge in [0.05, 0.1) is 4.92 Å². The average molecular weight is 254 g/mol. The summed E-state index contributed by atoms with van der Waals surface area (Å²) >= 11 is 1.31. The Kier molecular flexibility index (Phi) is 4.12. The number of hydrogen-bond donors (Lipinski definition) is 0. The number of piperidine rings is 1. The van der Waals surface area contributed by atoms with E-state index >= 15 is 0 Å². The molecular weight excluding hydrogens is 236 g/mol. The fourth-order valence-electron chi connectivity index (χ4n) is 2.48. The van der Waals surface area contributed by atoms with Crippen LogP contribution in [0.4, 0.5) is 5.00 Å². The Morgan fingerprint density at radius 3 is 3.00 bits per heavy atom. The van der Waals surface area contributed by atoms with Gasteiger partial charge >= 0.3 is 5.00 Å². The molecule has 1 unspecified atom stereocenters. The van der Waals surface area contributed by atoms with Gasteiger partial charge < -0.3 is 0 Å². The molecule has 0 N–H and O–H groups in total. The number of thiophene rings is 1. The number of rotatable bonds is 4. The fraction of sp³-hybridized carbons (Fsp3) is 0.667. The second-order valence-electron chi connectivity index (χ2n) is 4.53. The molecule has 1 aromatic heterocycles. The molecule has 1 atom stereocenters. The first kappa shape index (κ1) is 12.5. The predicted octanol–water partition coefficient (Wildman–Crippen LogP) is 3.42. The Bertz CT molecular complexity index is 392. The van der Waals surface area contributed by atoms with Gasteiger partial charge in [-0.25, -0.2) is 0 Å². The molecule has 1 saturated heterocycles. The first-order valence-corrected chi connectivity index (χ1v) is 6.99. The minimum atomic E-state index is -0.304. The first-order chi connectivity index (χ1) is 8.20. The number of nitro groups is 1. The maximum atomic E-state index is 10.6. The van der Waals surface area contributed by atoms with Gasteiger partial charge in [-0.05, 0) is 31.9 Å². The summed E-state index contributed by atoms with van der Waals surface area (Å²) in [6.07, 6.45) is 5.01. The van der Waals surface area contributed by atoms with Gasteiger partial charge in [-0.2, -0.15) is 0 Å². The predicted molar refractivity (Wildman–Crippen MR) is 69.3 cm³/mol. The molecule has 0 aliphatic carbocycles. The Hall–Kier alpha value is -0.940. The molecule has 2 heterocycles. The van der Waals surface area contributed by atoms with Gasteiger partial charge in [0.25, 0.3) is 0 Å². The standard InChI is InChI=1S/C12H18N2O2S/c1-2-10-5-3-4-8-13(10)9-11-6-7-12(17-11)14(15)16/h6-7,10H,2-5,8-9H2,1H3. The van der Waals surface area contributed by atoms with Crippen molar-refractivity contribution in [1.29, 1.82) is 0 Å². The largest absolute Gasteiger partial charge is 0.324 e. The number of likely N-dealkylation sites (tertiary alicyclic amines) is 1. The van der Waals surface area contributed by atoms with Gasteiger partial charge in [0.2, 0.25) is 0 Å². The summed E-state index contributed by atoms with van der Waals surface area (Å²) in [4.78, 5) is 13.9. The third-order valence-electron chi connectivity index (χ3n) is 3.41. The highest BCUT2D eigenvalue weighted by molar-refractivity contribution is 7.15. The molecule has 0 radical (unpaired) electrons. The third kappa shape index (κ3) is 3.04. The van der Waals surface area contributed by atoms with Gasteiger partial charge in [0.15, 0.2) is 0 Å². The van der Waals surface area contributed by atoms with Crippen LogP contribution in [0.3, 0.4) is 0 Å². The lowest BCUT2D eigenvalue weighted by atomic mass is 10.00. The maximum absolute atomic E-state index is 10.6. The van der Waals surface area contributed by atoms with Crippen LogP contribution in [-0.2, 0) is 6.54 Å². The first-order valence-electron chi connectivity index (χ1n) is 6.18. The van der Waals surface area contributed by atoms with E-state index in [1.165, 1.54) is 37.0 Å². The summed E-state index contributed by atoms with van der Waals surface area (Å²) in [5, 5.41) is 10.9. The van der Waals surface area contributed by atoms with Crippen LogP contribution >= 0.6 is 11.3 Å². The van der Waals surface area contributed by atoms with Crippen molar-refractivity contribution < 1.29 is 4.92 Å². The highest BCUT2D eigenvalue weighted by Gasteiger charge is 2.22. The zero-order valence-electron chi connectivity index (χ0n) is 10.1. The van der Waals surface area contributed by atoms with Crippen LogP contribution in [0.5, 0.6) is 0 Å². The van der Waals surface area contributed by atoms with Crippen LogP contribution in [-0.4, -0.2) is 22.4 Å². The Labute approximate surface area is 105 Å². The second kappa shape index (κ2) is 5.60. The lowest BCUT2D eigenvalue weighted by Crippen LogP contribution is -2.38. The summed E-state index contributed by atoms with van der Waals surface area (Å²) in [7, 11) is 0. The van der Waals surface area contributed by atoms with Crippen LogP contribution in [0, 0.1) is 10.1 Å². The van der Waals surface area contributed by atoms with Crippen molar-refractivity contribution in [1.82, 2.24) is 4.90 Å². The molecule has 1 aliphatic rings. The topological polar surface area (TPSA) is 46.4 Å². The van der Waals surface area contributed by atoms with Crippen LogP contribution < -0.4 is 0 Å². The van der Waals surface area contributed by atoms with E-state index in [1.807, 2.05) is 6.07 Å². The second-order valence-corrected chi connectivity index (χ2v) is 5.67. The molecule has 5 heteroatoms. The Morgan fingerprint density at radius 2 is 2.35 bits per heavy atom. The quantitative estimate of drug-likeness (QED) is 0.611. The molecule has 0 bridgehead atoms. The molecular formula is C12H18N2O2S. The van der Waals surface area contributed by atoms with E-state index in [9.17, 15) is 10.1 Å². The van der Waals surface area contributed by atoms with Gasteiger partial charge in [0.1, 0.15) is 0 Å². The van der Waals surface area contributed by atoms with Crippen molar-refractivity contribution in [2.45, 2.75) is 45.2 Å². The van der Waals surface area contributed by atoms with Crippen molar-refractivity contribution in [2.75, 3.05) is 6.54 Å². The van der Waals surface area contributed by atoms with E-state index in [-0.39, 0.29) is 9.92 Å². The van der Waals surface area contributed by atoms with Crippen molar-refractivity contribution in [3.63, 3.8) is 0 Å². The van der Waals surface area contributed by atoms with Gasteiger partial charge in [-0.3, -0.25) is 15.0 Å². The lowest BCUT2D eigenvalue weighted by Gasteiger charge is -2.34. The van der Waals surface area contributed by atoms with E-state index in [2.05, 4.69) is 11.8 Å². The molecule has 0 saturated carbocycles. The van der Waals surface area contributed by atoms with E-state index in [0.717, 1.165) is 18.0 Å². The molecule has 17 heavy (non-hydrogen) atoms.